The molecular formula is C9H9N3O. The summed E-state index contributed by atoms with van der Waals surface area (Å²) in [6, 6.07) is 8.90. The molecule has 2 N–H and O–H groups in total. The lowest BCUT2D eigenvalue weighted by atomic mass is 10.0. The SMILES string of the molecule is [N-]=[N+]=CC(C(N)=O)c1ccccc1. The highest BCUT2D eigenvalue weighted by Gasteiger charge is 2.18. The maximum Gasteiger partial charge on any atom is 0.274 e. The molecule has 0 fully saturated rings. The van der Waals surface area contributed by atoms with Crippen LogP contribution in [-0.2, 0) is 4.79 Å². The van der Waals surface area contributed by atoms with Crippen molar-refractivity contribution in [3.05, 3.63) is 41.4 Å². The molecule has 0 spiro atoms. The zero-order valence-electron chi connectivity index (χ0n) is 6.92. The molecule has 1 amide bonds. The van der Waals surface area contributed by atoms with Crippen LogP contribution < -0.4 is 5.73 Å². The van der Waals surface area contributed by atoms with Crippen molar-refractivity contribution in [2.45, 2.75) is 5.92 Å². The number of primary amides is 1. The van der Waals surface area contributed by atoms with E-state index in [9.17, 15) is 4.79 Å². The molecule has 0 saturated carbocycles. The average Bonchev–Trinajstić information content (AvgIpc) is 2.15. The lowest BCUT2D eigenvalue weighted by molar-refractivity contribution is -0.118. The molecule has 66 valence electrons. The van der Waals surface area contributed by atoms with Gasteiger partial charge < -0.3 is 11.3 Å². The summed E-state index contributed by atoms with van der Waals surface area (Å²) in [5, 5.41) is 0. The highest BCUT2D eigenvalue weighted by molar-refractivity contribution is 5.96. The molecule has 0 aliphatic carbocycles. The minimum atomic E-state index is -0.661. The van der Waals surface area contributed by atoms with Crippen molar-refractivity contribution in [3.63, 3.8) is 0 Å². The Hall–Kier alpha value is -1.93. The van der Waals surface area contributed by atoms with Gasteiger partial charge in [-0.2, -0.15) is 4.79 Å². The van der Waals surface area contributed by atoms with Gasteiger partial charge in [0.2, 0.25) is 5.91 Å². The summed E-state index contributed by atoms with van der Waals surface area (Å²) >= 11 is 0. The fourth-order valence-electron chi connectivity index (χ4n) is 1.05. The first-order chi connectivity index (χ1) is 6.25. The smallest absolute Gasteiger partial charge is 0.274 e. The third-order valence-corrected chi connectivity index (χ3v) is 1.68. The number of nitrogens with zero attached hydrogens (tertiary/aromatic N) is 2. The first-order valence-corrected chi connectivity index (χ1v) is 3.77. The standard InChI is InChI=1S/C9H9N3O/c10-9(13)8(6-12-11)7-4-2-1-3-5-7/h1-6,8H,(H2,10,13). The van der Waals surface area contributed by atoms with E-state index in [-0.39, 0.29) is 0 Å². The lowest BCUT2D eigenvalue weighted by Crippen LogP contribution is -2.22. The Morgan fingerprint density at radius 1 is 1.46 bits per heavy atom. The van der Waals surface area contributed by atoms with Gasteiger partial charge in [0.1, 0.15) is 0 Å². The number of carbonyl (C=O) groups excluding carboxylic acids is 1. The molecular weight excluding hydrogens is 166 g/mol. The van der Waals surface area contributed by atoms with Crippen molar-refractivity contribution in [3.8, 4) is 0 Å². The molecule has 0 bridgehead atoms. The quantitative estimate of drug-likeness (QED) is 0.406. The molecule has 1 aromatic rings. The van der Waals surface area contributed by atoms with Crippen molar-refractivity contribution in [2.24, 2.45) is 5.73 Å². The average molecular weight is 175 g/mol. The Labute approximate surface area is 75.6 Å². The van der Waals surface area contributed by atoms with E-state index in [1.165, 1.54) is 0 Å². The zero-order valence-corrected chi connectivity index (χ0v) is 6.92. The van der Waals surface area contributed by atoms with E-state index in [4.69, 9.17) is 11.3 Å². The first kappa shape index (κ1) is 9.16. The van der Waals surface area contributed by atoms with Crippen LogP contribution in [0.4, 0.5) is 0 Å². The summed E-state index contributed by atoms with van der Waals surface area (Å²) in [5.74, 6) is -1.20. The van der Waals surface area contributed by atoms with Gasteiger partial charge in [-0.15, -0.1) is 0 Å². The number of hydrogen-bond acceptors (Lipinski definition) is 1. The summed E-state index contributed by atoms with van der Waals surface area (Å²) < 4.78 is 0. The van der Waals surface area contributed by atoms with Gasteiger partial charge in [0.25, 0.3) is 6.21 Å². The highest BCUT2D eigenvalue weighted by atomic mass is 16.1. The summed E-state index contributed by atoms with van der Waals surface area (Å²) in [4.78, 5) is 13.7. The second kappa shape index (κ2) is 4.18. The minimum Gasteiger partial charge on any atom is -0.369 e. The normalized spacial score (nSPS) is 11.4. The van der Waals surface area contributed by atoms with Crippen LogP contribution in [0.1, 0.15) is 11.5 Å². The molecule has 0 aromatic heterocycles. The molecule has 13 heavy (non-hydrogen) atoms. The Kier molecular flexibility index (Phi) is 2.95. The fourth-order valence-corrected chi connectivity index (χ4v) is 1.05. The number of benzene rings is 1. The number of carbonyl (C=O) groups is 1. The van der Waals surface area contributed by atoms with E-state index in [1.807, 2.05) is 6.07 Å². The Morgan fingerprint density at radius 3 is 2.54 bits per heavy atom. The summed E-state index contributed by atoms with van der Waals surface area (Å²) in [6.07, 6.45) is 1.11. The Morgan fingerprint density at radius 2 is 2.08 bits per heavy atom. The number of rotatable bonds is 3. The fraction of sp³-hybridized carbons (Fsp3) is 0.111. The second-order valence-electron chi connectivity index (χ2n) is 2.56. The van der Waals surface area contributed by atoms with E-state index < -0.39 is 11.8 Å². The van der Waals surface area contributed by atoms with Crippen LogP contribution in [0, 0.1) is 0 Å². The molecule has 4 heteroatoms. The molecule has 1 aromatic carbocycles. The zero-order chi connectivity index (χ0) is 9.68. The van der Waals surface area contributed by atoms with Crippen LogP contribution >= 0.6 is 0 Å². The topological polar surface area (TPSA) is 79.5 Å². The molecule has 0 saturated heterocycles. The molecule has 1 unspecified atom stereocenters. The van der Waals surface area contributed by atoms with E-state index in [2.05, 4.69) is 4.79 Å². The number of nitrogens with two attached hydrogens (primary N) is 1. The van der Waals surface area contributed by atoms with Crippen LogP contribution in [0.3, 0.4) is 0 Å². The largest absolute Gasteiger partial charge is 0.369 e. The van der Waals surface area contributed by atoms with Gasteiger partial charge >= 0.3 is 0 Å². The van der Waals surface area contributed by atoms with E-state index >= 15 is 0 Å². The van der Waals surface area contributed by atoms with Crippen molar-refractivity contribution in [2.75, 3.05) is 0 Å². The highest BCUT2D eigenvalue weighted by Crippen LogP contribution is 2.11. The number of amides is 1. The van der Waals surface area contributed by atoms with Crippen LogP contribution in [0.15, 0.2) is 30.3 Å². The summed E-state index contributed by atoms with van der Waals surface area (Å²) in [7, 11) is 0. The predicted molar refractivity (Wildman–Crippen MR) is 48.1 cm³/mol. The van der Waals surface area contributed by atoms with Crippen molar-refractivity contribution in [1.29, 1.82) is 0 Å². The van der Waals surface area contributed by atoms with Crippen LogP contribution in [0.5, 0.6) is 0 Å². The number of hydrogen-bond donors (Lipinski definition) is 1. The lowest BCUT2D eigenvalue weighted by Gasteiger charge is -2.02. The van der Waals surface area contributed by atoms with Crippen molar-refractivity contribution < 1.29 is 9.58 Å². The van der Waals surface area contributed by atoms with E-state index in [1.54, 1.807) is 24.3 Å². The van der Waals surface area contributed by atoms with Gasteiger partial charge in [0.15, 0.2) is 5.92 Å². The molecule has 0 heterocycles. The molecule has 4 nitrogen and oxygen atoms in total. The summed E-state index contributed by atoms with van der Waals surface area (Å²) in [6.45, 7) is 0. The molecule has 1 rings (SSSR count). The minimum absolute atomic E-state index is 0.538. The maximum absolute atomic E-state index is 10.9. The van der Waals surface area contributed by atoms with Crippen molar-refractivity contribution >= 4 is 12.1 Å². The van der Waals surface area contributed by atoms with E-state index in [0.29, 0.717) is 5.56 Å². The van der Waals surface area contributed by atoms with Gasteiger partial charge in [-0.1, -0.05) is 30.3 Å². The third-order valence-electron chi connectivity index (χ3n) is 1.68. The van der Waals surface area contributed by atoms with Crippen LogP contribution in [0.2, 0.25) is 0 Å². The Balaban J connectivity index is 3.02. The molecule has 1 atom stereocenters. The monoisotopic (exact) mass is 175 g/mol. The molecule has 0 aliphatic heterocycles. The third kappa shape index (κ3) is 2.25. The van der Waals surface area contributed by atoms with E-state index in [0.717, 1.165) is 6.21 Å². The van der Waals surface area contributed by atoms with Crippen molar-refractivity contribution in [1.82, 2.24) is 0 Å². The Bertz CT molecular complexity index is 339. The maximum atomic E-state index is 10.9. The van der Waals surface area contributed by atoms with Gasteiger partial charge in [0.05, 0.1) is 0 Å². The van der Waals surface area contributed by atoms with Gasteiger partial charge in [-0.25, -0.2) is 0 Å². The van der Waals surface area contributed by atoms with Gasteiger partial charge in [-0.05, 0) is 5.56 Å². The summed E-state index contributed by atoms with van der Waals surface area (Å²) in [5.41, 5.74) is 14.1. The second-order valence-corrected chi connectivity index (χ2v) is 2.56. The van der Waals surface area contributed by atoms with Crippen LogP contribution in [-0.4, -0.2) is 16.9 Å². The predicted octanol–water partition coefficient (Wildman–Crippen LogP) is 0.556. The first-order valence-electron chi connectivity index (χ1n) is 3.77. The molecule has 0 aliphatic rings. The van der Waals surface area contributed by atoms with Gasteiger partial charge in [-0.3, -0.25) is 4.79 Å². The van der Waals surface area contributed by atoms with Crippen LogP contribution in [0.25, 0.3) is 5.53 Å². The van der Waals surface area contributed by atoms with Gasteiger partial charge in [0, 0.05) is 0 Å². The molecule has 0 radical (unpaired) electrons.